The number of benzene rings is 1. The maximum absolute atomic E-state index is 12.5. The summed E-state index contributed by atoms with van der Waals surface area (Å²) in [7, 11) is 0. The molecule has 0 spiro atoms. The Morgan fingerprint density at radius 3 is 2.42 bits per heavy atom. The summed E-state index contributed by atoms with van der Waals surface area (Å²) in [6.07, 6.45) is 3.18. The van der Waals surface area contributed by atoms with Crippen molar-refractivity contribution < 1.29 is 9.53 Å². The molecule has 1 fully saturated rings. The Kier molecular flexibility index (Phi) is 6.94. The van der Waals surface area contributed by atoms with E-state index in [1.807, 2.05) is 41.6 Å². The first-order chi connectivity index (χ1) is 11.5. The van der Waals surface area contributed by atoms with Gasteiger partial charge < -0.3 is 14.5 Å². The van der Waals surface area contributed by atoms with E-state index in [2.05, 4.69) is 20.9 Å². The van der Waals surface area contributed by atoms with Gasteiger partial charge in [0.2, 0.25) is 6.19 Å². The minimum atomic E-state index is -0.537. The predicted molar refractivity (Wildman–Crippen MR) is 98.9 cm³/mol. The van der Waals surface area contributed by atoms with Gasteiger partial charge in [-0.3, -0.25) is 4.79 Å². The summed E-state index contributed by atoms with van der Waals surface area (Å²) in [6, 6.07) is 7.41. The number of hydrogen-bond donors (Lipinski definition) is 0. The van der Waals surface area contributed by atoms with Crippen LogP contribution in [0, 0.1) is 11.5 Å². The number of aliphatic imine (C=N–C) groups is 1. The Morgan fingerprint density at radius 2 is 1.88 bits per heavy atom. The SMILES string of the molecule is CSC(=NC#N)N1CCN(C(=O)[C@@H](C)Oc2ccc(Br)cc2)CC1. The van der Waals surface area contributed by atoms with Crippen molar-refractivity contribution in [2.75, 3.05) is 32.4 Å². The maximum atomic E-state index is 12.5. The molecule has 0 saturated carbocycles. The fraction of sp³-hybridized carbons (Fsp3) is 0.438. The molecule has 128 valence electrons. The molecule has 0 unspecified atom stereocenters. The molecule has 24 heavy (non-hydrogen) atoms. The number of thioether (sulfide) groups is 1. The third-order valence-electron chi connectivity index (χ3n) is 3.66. The smallest absolute Gasteiger partial charge is 0.263 e. The summed E-state index contributed by atoms with van der Waals surface area (Å²) >= 11 is 4.81. The number of nitriles is 1. The molecule has 1 saturated heterocycles. The second kappa shape index (κ2) is 8.94. The van der Waals surface area contributed by atoms with Gasteiger partial charge in [-0.2, -0.15) is 5.26 Å². The van der Waals surface area contributed by atoms with E-state index in [9.17, 15) is 4.79 Å². The lowest BCUT2D eigenvalue weighted by Gasteiger charge is -2.36. The van der Waals surface area contributed by atoms with Crippen LogP contribution < -0.4 is 4.74 Å². The molecule has 0 N–H and O–H groups in total. The second-order valence-corrected chi connectivity index (χ2v) is 6.91. The molecule has 1 aliphatic rings. The summed E-state index contributed by atoms with van der Waals surface area (Å²) in [5.74, 6) is 0.643. The second-order valence-electron chi connectivity index (χ2n) is 5.22. The molecule has 2 rings (SSSR count). The number of hydrogen-bond acceptors (Lipinski definition) is 5. The van der Waals surface area contributed by atoms with Gasteiger partial charge in [-0.15, -0.1) is 4.99 Å². The Bertz CT molecular complexity index is 636. The van der Waals surface area contributed by atoms with Crippen LogP contribution in [0.15, 0.2) is 33.7 Å². The molecule has 0 bridgehead atoms. The Morgan fingerprint density at radius 1 is 1.29 bits per heavy atom. The van der Waals surface area contributed by atoms with Crippen LogP contribution in [-0.4, -0.2) is 59.4 Å². The zero-order valence-corrected chi connectivity index (χ0v) is 16.0. The van der Waals surface area contributed by atoms with Crippen LogP contribution in [-0.2, 0) is 4.79 Å². The molecule has 0 radical (unpaired) electrons. The lowest BCUT2D eigenvalue weighted by molar-refractivity contribution is -0.139. The molecule has 0 aromatic heterocycles. The quantitative estimate of drug-likeness (QED) is 0.435. The van der Waals surface area contributed by atoms with E-state index in [0.29, 0.717) is 37.1 Å². The molecule has 1 heterocycles. The van der Waals surface area contributed by atoms with Gasteiger partial charge in [-0.05, 0) is 37.4 Å². The topological polar surface area (TPSA) is 68.9 Å². The standard InChI is InChI=1S/C16H19BrN4O2S/c1-12(23-14-5-3-13(17)4-6-14)15(22)20-7-9-21(10-8-20)16(24-2)19-11-18/h3-6,12H,7-10H2,1-2H3/t12-/m1/s1. The lowest BCUT2D eigenvalue weighted by atomic mass is 10.2. The van der Waals surface area contributed by atoms with E-state index in [0.717, 1.165) is 4.47 Å². The van der Waals surface area contributed by atoms with Gasteiger partial charge >= 0.3 is 0 Å². The zero-order valence-electron chi connectivity index (χ0n) is 13.6. The molecule has 1 aromatic carbocycles. The van der Waals surface area contributed by atoms with Gasteiger partial charge in [0.25, 0.3) is 5.91 Å². The molecule has 8 heteroatoms. The van der Waals surface area contributed by atoms with E-state index in [1.54, 1.807) is 11.8 Å². The maximum Gasteiger partial charge on any atom is 0.263 e. The van der Waals surface area contributed by atoms with Crippen LogP contribution >= 0.6 is 27.7 Å². The van der Waals surface area contributed by atoms with Crippen LogP contribution in [0.2, 0.25) is 0 Å². The Hall–Kier alpha value is -1.72. The highest BCUT2D eigenvalue weighted by Gasteiger charge is 2.27. The van der Waals surface area contributed by atoms with E-state index in [4.69, 9.17) is 10.00 Å². The summed E-state index contributed by atoms with van der Waals surface area (Å²) in [6.45, 7) is 4.28. The minimum Gasteiger partial charge on any atom is -0.481 e. The van der Waals surface area contributed by atoms with Crippen molar-refractivity contribution in [2.45, 2.75) is 13.0 Å². The van der Waals surface area contributed by atoms with Crippen LogP contribution in [0.25, 0.3) is 0 Å². The molecule has 1 atom stereocenters. The number of halogens is 1. The minimum absolute atomic E-state index is 0.0273. The monoisotopic (exact) mass is 410 g/mol. The molecule has 1 amide bonds. The molecule has 1 aliphatic heterocycles. The first-order valence-corrected chi connectivity index (χ1v) is 9.53. The Balaban J connectivity index is 1.89. The predicted octanol–water partition coefficient (Wildman–Crippen LogP) is 2.56. The van der Waals surface area contributed by atoms with Crippen molar-refractivity contribution in [3.63, 3.8) is 0 Å². The van der Waals surface area contributed by atoms with Crippen LogP contribution in [0.4, 0.5) is 0 Å². The van der Waals surface area contributed by atoms with Crippen molar-refractivity contribution in [2.24, 2.45) is 4.99 Å². The van der Waals surface area contributed by atoms with Crippen molar-refractivity contribution in [3.05, 3.63) is 28.7 Å². The van der Waals surface area contributed by atoms with Gasteiger partial charge in [-0.1, -0.05) is 27.7 Å². The third-order valence-corrected chi connectivity index (χ3v) is 4.91. The Labute approximate surface area is 154 Å². The van der Waals surface area contributed by atoms with Gasteiger partial charge in [-0.25, -0.2) is 0 Å². The lowest BCUT2D eigenvalue weighted by Crippen LogP contribution is -2.52. The number of carbonyl (C=O) groups is 1. The first-order valence-electron chi connectivity index (χ1n) is 7.52. The number of amides is 1. The van der Waals surface area contributed by atoms with Crippen molar-refractivity contribution in [1.29, 1.82) is 5.26 Å². The van der Waals surface area contributed by atoms with Crippen molar-refractivity contribution in [3.8, 4) is 11.9 Å². The highest BCUT2D eigenvalue weighted by Crippen LogP contribution is 2.18. The fourth-order valence-electron chi connectivity index (χ4n) is 2.43. The highest BCUT2D eigenvalue weighted by atomic mass is 79.9. The van der Waals surface area contributed by atoms with Crippen LogP contribution in [0.3, 0.4) is 0 Å². The number of amidine groups is 1. The summed E-state index contributed by atoms with van der Waals surface area (Å²) in [5, 5.41) is 9.41. The molecule has 1 aromatic rings. The van der Waals surface area contributed by atoms with E-state index < -0.39 is 6.10 Å². The summed E-state index contributed by atoms with van der Waals surface area (Å²) < 4.78 is 6.69. The van der Waals surface area contributed by atoms with E-state index >= 15 is 0 Å². The van der Waals surface area contributed by atoms with Crippen LogP contribution in [0.1, 0.15) is 6.92 Å². The van der Waals surface area contributed by atoms with Gasteiger partial charge in [0, 0.05) is 30.7 Å². The number of nitrogens with zero attached hydrogens (tertiary/aromatic N) is 4. The largest absolute Gasteiger partial charge is 0.481 e. The normalized spacial score (nSPS) is 16.5. The fourth-order valence-corrected chi connectivity index (χ4v) is 3.27. The van der Waals surface area contributed by atoms with Crippen LogP contribution in [0.5, 0.6) is 5.75 Å². The molecule has 0 aliphatic carbocycles. The van der Waals surface area contributed by atoms with Gasteiger partial charge in [0.15, 0.2) is 11.3 Å². The molecule has 6 nitrogen and oxygen atoms in total. The number of ether oxygens (including phenoxy) is 1. The number of carbonyl (C=O) groups excluding carboxylic acids is 1. The van der Waals surface area contributed by atoms with E-state index in [-0.39, 0.29) is 5.91 Å². The molecular formula is C16H19BrN4O2S. The number of piperazine rings is 1. The summed E-state index contributed by atoms with van der Waals surface area (Å²) in [4.78, 5) is 20.2. The average molecular weight is 411 g/mol. The third kappa shape index (κ3) is 4.89. The van der Waals surface area contributed by atoms with Gasteiger partial charge in [0.1, 0.15) is 5.75 Å². The molecular weight excluding hydrogens is 392 g/mol. The zero-order chi connectivity index (χ0) is 17.5. The van der Waals surface area contributed by atoms with E-state index in [1.165, 1.54) is 11.8 Å². The average Bonchev–Trinajstić information content (AvgIpc) is 2.61. The van der Waals surface area contributed by atoms with Crippen molar-refractivity contribution in [1.82, 2.24) is 9.80 Å². The highest BCUT2D eigenvalue weighted by molar-refractivity contribution is 9.10. The first kappa shape index (κ1) is 18.6. The summed E-state index contributed by atoms with van der Waals surface area (Å²) in [5.41, 5.74) is 0. The van der Waals surface area contributed by atoms with Crippen molar-refractivity contribution >= 4 is 38.8 Å². The van der Waals surface area contributed by atoms with Gasteiger partial charge in [0.05, 0.1) is 0 Å². The number of rotatable bonds is 3.